The molecule has 2 amide bonds. The number of benzene rings is 3. The van der Waals surface area contributed by atoms with E-state index in [2.05, 4.69) is 0 Å². The lowest BCUT2D eigenvalue weighted by molar-refractivity contribution is -0.122. The van der Waals surface area contributed by atoms with Gasteiger partial charge < -0.3 is 4.74 Å². The van der Waals surface area contributed by atoms with Crippen molar-refractivity contribution in [1.29, 1.82) is 0 Å². The molecule has 4 rings (SSSR count). The number of carbonyl (C=O) groups is 2. The first-order chi connectivity index (χ1) is 14.0. The predicted octanol–water partition coefficient (Wildman–Crippen LogP) is 3.75. The molecule has 1 unspecified atom stereocenters. The van der Waals surface area contributed by atoms with Crippen LogP contribution in [0, 0.1) is 5.82 Å². The van der Waals surface area contributed by atoms with E-state index in [-0.39, 0.29) is 24.0 Å². The van der Waals surface area contributed by atoms with E-state index in [4.69, 9.17) is 4.74 Å². The van der Waals surface area contributed by atoms with Crippen molar-refractivity contribution in [2.45, 2.75) is 19.0 Å². The highest BCUT2D eigenvalue weighted by molar-refractivity contribution is 6.22. The standard InChI is InChI=1S/C23H21FN2O3/c1-25(14-15-7-10-21(29-2)19(24)11-15)20-13-22(27)26(23(20)28)18-9-8-16-5-3-4-6-17(16)12-18/h3-12,20H,13-14H2,1-2H3. The average Bonchev–Trinajstić information content (AvgIpc) is 3.02. The van der Waals surface area contributed by atoms with Crippen molar-refractivity contribution in [3.8, 4) is 5.75 Å². The molecule has 1 atom stereocenters. The van der Waals surface area contributed by atoms with E-state index in [0.29, 0.717) is 17.8 Å². The molecule has 1 aliphatic heterocycles. The van der Waals surface area contributed by atoms with Crippen LogP contribution >= 0.6 is 0 Å². The van der Waals surface area contributed by atoms with E-state index in [0.717, 1.165) is 10.8 Å². The van der Waals surface area contributed by atoms with E-state index in [1.807, 2.05) is 36.4 Å². The fourth-order valence-electron chi connectivity index (χ4n) is 3.75. The van der Waals surface area contributed by atoms with Gasteiger partial charge in [0.05, 0.1) is 25.3 Å². The molecule has 6 heteroatoms. The zero-order valence-electron chi connectivity index (χ0n) is 16.3. The molecular weight excluding hydrogens is 371 g/mol. The minimum Gasteiger partial charge on any atom is -0.494 e. The summed E-state index contributed by atoms with van der Waals surface area (Å²) in [5.74, 6) is -0.777. The lowest BCUT2D eigenvalue weighted by Crippen LogP contribution is -2.39. The molecule has 0 N–H and O–H groups in total. The average molecular weight is 392 g/mol. The SMILES string of the molecule is COc1ccc(CN(C)C2CC(=O)N(c3ccc4ccccc4c3)C2=O)cc1F. The third-order valence-corrected chi connectivity index (χ3v) is 5.29. The highest BCUT2D eigenvalue weighted by Gasteiger charge is 2.41. The van der Waals surface area contributed by atoms with Crippen LogP contribution in [0.25, 0.3) is 10.8 Å². The number of fused-ring (bicyclic) bond motifs is 1. The summed E-state index contributed by atoms with van der Waals surface area (Å²) in [4.78, 5) is 28.7. The molecule has 0 saturated carbocycles. The Morgan fingerprint density at radius 2 is 1.83 bits per heavy atom. The van der Waals surface area contributed by atoms with Gasteiger partial charge in [0.1, 0.15) is 0 Å². The van der Waals surface area contributed by atoms with Gasteiger partial charge in [0.15, 0.2) is 11.6 Å². The van der Waals surface area contributed by atoms with Crippen molar-refractivity contribution in [2.24, 2.45) is 0 Å². The highest BCUT2D eigenvalue weighted by Crippen LogP contribution is 2.29. The van der Waals surface area contributed by atoms with Crippen LogP contribution in [-0.2, 0) is 16.1 Å². The molecule has 1 heterocycles. The zero-order valence-corrected chi connectivity index (χ0v) is 16.3. The topological polar surface area (TPSA) is 49.9 Å². The minimum atomic E-state index is -0.584. The number of amides is 2. The molecule has 1 fully saturated rings. The molecule has 0 aromatic heterocycles. The molecule has 1 aliphatic rings. The van der Waals surface area contributed by atoms with Gasteiger partial charge in [-0.2, -0.15) is 0 Å². The number of anilines is 1. The Labute approximate surface area is 168 Å². The summed E-state index contributed by atoms with van der Waals surface area (Å²) in [6.07, 6.45) is 0.0980. The molecule has 29 heavy (non-hydrogen) atoms. The Hall–Kier alpha value is -3.25. The van der Waals surface area contributed by atoms with Gasteiger partial charge in [0.2, 0.25) is 5.91 Å². The molecule has 0 spiro atoms. The van der Waals surface area contributed by atoms with Crippen LogP contribution in [0.5, 0.6) is 5.75 Å². The molecular formula is C23H21FN2O3. The van der Waals surface area contributed by atoms with Crippen LogP contribution in [-0.4, -0.2) is 36.9 Å². The largest absolute Gasteiger partial charge is 0.494 e. The van der Waals surface area contributed by atoms with E-state index in [9.17, 15) is 14.0 Å². The first-order valence-electron chi connectivity index (χ1n) is 9.36. The maximum absolute atomic E-state index is 14.0. The first-order valence-corrected chi connectivity index (χ1v) is 9.36. The second-order valence-corrected chi connectivity index (χ2v) is 7.20. The molecule has 0 aliphatic carbocycles. The van der Waals surface area contributed by atoms with Gasteiger partial charge in [-0.1, -0.05) is 36.4 Å². The van der Waals surface area contributed by atoms with Crippen molar-refractivity contribution in [1.82, 2.24) is 4.90 Å². The van der Waals surface area contributed by atoms with E-state index in [1.165, 1.54) is 18.1 Å². The van der Waals surface area contributed by atoms with E-state index in [1.54, 1.807) is 30.1 Å². The van der Waals surface area contributed by atoms with Crippen molar-refractivity contribution in [3.05, 3.63) is 72.0 Å². The number of likely N-dealkylation sites (N-methyl/N-ethyl adjacent to an activating group) is 1. The van der Waals surface area contributed by atoms with Crippen molar-refractivity contribution < 1.29 is 18.7 Å². The summed E-state index contributed by atoms with van der Waals surface area (Å²) in [7, 11) is 3.18. The number of hydrogen-bond donors (Lipinski definition) is 0. The van der Waals surface area contributed by atoms with Gasteiger partial charge in [0, 0.05) is 6.54 Å². The fourth-order valence-corrected chi connectivity index (χ4v) is 3.75. The minimum absolute atomic E-state index is 0.0980. The van der Waals surface area contributed by atoms with Crippen molar-refractivity contribution >= 4 is 28.3 Å². The molecule has 5 nitrogen and oxygen atoms in total. The lowest BCUT2D eigenvalue weighted by Gasteiger charge is -2.23. The quantitative estimate of drug-likeness (QED) is 0.621. The third-order valence-electron chi connectivity index (χ3n) is 5.29. The predicted molar refractivity (Wildman–Crippen MR) is 109 cm³/mol. The lowest BCUT2D eigenvalue weighted by atomic mass is 10.1. The van der Waals surface area contributed by atoms with Crippen LogP contribution in [0.4, 0.5) is 10.1 Å². The maximum atomic E-state index is 14.0. The summed E-state index contributed by atoms with van der Waals surface area (Å²) < 4.78 is 18.9. The smallest absolute Gasteiger partial charge is 0.251 e. The zero-order chi connectivity index (χ0) is 20.5. The maximum Gasteiger partial charge on any atom is 0.251 e. The summed E-state index contributed by atoms with van der Waals surface area (Å²) in [5.41, 5.74) is 1.28. The van der Waals surface area contributed by atoms with E-state index < -0.39 is 11.9 Å². The summed E-state index contributed by atoms with van der Waals surface area (Å²) >= 11 is 0. The number of hydrogen-bond acceptors (Lipinski definition) is 4. The molecule has 0 radical (unpaired) electrons. The van der Waals surface area contributed by atoms with Crippen LogP contribution < -0.4 is 9.64 Å². The van der Waals surface area contributed by atoms with Gasteiger partial charge >= 0.3 is 0 Å². The van der Waals surface area contributed by atoms with Gasteiger partial charge in [-0.15, -0.1) is 0 Å². The van der Waals surface area contributed by atoms with Gasteiger partial charge in [-0.25, -0.2) is 9.29 Å². The monoisotopic (exact) mass is 392 g/mol. The van der Waals surface area contributed by atoms with Crippen molar-refractivity contribution in [2.75, 3.05) is 19.1 Å². The molecule has 0 bridgehead atoms. The van der Waals surface area contributed by atoms with Crippen LogP contribution in [0.15, 0.2) is 60.7 Å². The number of rotatable bonds is 5. The van der Waals surface area contributed by atoms with Gasteiger partial charge in [-0.3, -0.25) is 14.5 Å². The highest BCUT2D eigenvalue weighted by atomic mass is 19.1. The number of carbonyl (C=O) groups excluding carboxylic acids is 2. The Bertz CT molecular complexity index is 1100. The second-order valence-electron chi connectivity index (χ2n) is 7.20. The van der Waals surface area contributed by atoms with Crippen molar-refractivity contribution in [3.63, 3.8) is 0 Å². The molecule has 148 valence electrons. The van der Waals surface area contributed by atoms with E-state index >= 15 is 0 Å². The number of methoxy groups -OCH3 is 1. The Balaban J connectivity index is 1.54. The number of ether oxygens (including phenoxy) is 1. The Morgan fingerprint density at radius 1 is 1.07 bits per heavy atom. The number of imide groups is 1. The van der Waals surface area contributed by atoms with Crippen LogP contribution in [0.2, 0.25) is 0 Å². The van der Waals surface area contributed by atoms with Gasteiger partial charge in [-0.05, 0) is 47.6 Å². The molecule has 3 aromatic carbocycles. The normalized spacial score (nSPS) is 16.8. The third kappa shape index (κ3) is 3.59. The Kier molecular flexibility index (Phi) is 5.03. The molecule has 3 aromatic rings. The fraction of sp³-hybridized carbons (Fsp3) is 0.217. The number of halogens is 1. The number of nitrogens with zero attached hydrogens (tertiary/aromatic N) is 2. The summed E-state index contributed by atoms with van der Waals surface area (Å²) in [6.45, 7) is 0.343. The summed E-state index contributed by atoms with van der Waals surface area (Å²) in [5, 5.41) is 2.02. The molecule has 1 saturated heterocycles. The first kappa shape index (κ1) is 19.1. The summed E-state index contributed by atoms with van der Waals surface area (Å²) in [6, 6.07) is 17.5. The van der Waals surface area contributed by atoms with Crippen LogP contribution in [0.1, 0.15) is 12.0 Å². The Morgan fingerprint density at radius 3 is 2.55 bits per heavy atom. The van der Waals surface area contributed by atoms with Crippen LogP contribution in [0.3, 0.4) is 0 Å². The van der Waals surface area contributed by atoms with Gasteiger partial charge in [0.25, 0.3) is 5.91 Å². The second kappa shape index (κ2) is 7.64.